The molecule has 78 valence electrons. The van der Waals surface area contributed by atoms with Gasteiger partial charge in [0.05, 0.1) is 20.8 Å². The Hall–Kier alpha value is 0.130. The molecule has 14 heavy (non-hydrogen) atoms. The Morgan fingerprint density at radius 3 is 2.00 bits per heavy atom. The summed E-state index contributed by atoms with van der Waals surface area (Å²) in [6.45, 7) is 0. The largest absolute Gasteiger partial charge is 0.319 e. The molecule has 0 saturated heterocycles. The smallest absolute Gasteiger partial charge is 0.269 e. The van der Waals surface area contributed by atoms with Crippen molar-refractivity contribution in [1.29, 1.82) is 0 Å². The van der Waals surface area contributed by atoms with Crippen molar-refractivity contribution in [1.82, 2.24) is 0 Å². The molecule has 1 aromatic rings. The molecule has 0 atom stereocenters. The van der Waals surface area contributed by atoms with Crippen LogP contribution in [0.5, 0.6) is 0 Å². The fourth-order valence-corrected chi connectivity index (χ4v) is 2.06. The van der Waals surface area contributed by atoms with E-state index < -0.39 is 9.24 Å². The lowest BCUT2D eigenvalue weighted by molar-refractivity contribution is 0.614. The van der Waals surface area contributed by atoms with Crippen LogP contribution in [0.15, 0.2) is 12.1 Å². The van der Waals surface area contributed by atoms with Crippen LogP contribution in [0.2, 0.25) is 15.1 Å². The van der Waals surface area contributed by atoms with E-state index in [1.807, 2.05) is 4.72 Å². The molecule has 1 N–H and O–H groups in total. The van der Waals surface area contributed by atoms with E-state index in [9.17, 15) is 8.42 Å². The van der Waals surface area contributed by atoms with Crippen molar-refractivity contribution in [2.45, 2.75) is 0 Å². The maximum Gasteiger partial charge on any atom is 0.319 e. The van der Waals surface area contributed by atoms with E-state index in [2.05, 4.69) is 0 Å². The van der Waals surface area contributed by atoms with Crippen molar-refractivity contribution in [3.05, 3.63) is 27.2 Å². The van der Waals surface area contributed by atoms with Crippen LogP contribution in [0.4, 0.5) is 5.69 Å². The molecule has 3 nitrogen and oxygen atoms in total. The minimum Gasteiger partial charge on any atom is -0.269 e. The van der Waals surface area contributed by atoms with Crippen molar-refractivity contribution in [3.8, 4) is 0 Å². The normalized spacial score (nSPS) is 11.4. The van der Waals surface area contributed by atoms with E-state index in [0.717, 1.165) is 0 Å². The molecule has 0 heterocycles. The number of halogens is 4. The number of rotatable bonds is 2. The quantitative estimate of drug-likeness (QED) is 0.670. The van der Waals surface area contributed by atoms with Crippen LogP contribution < -0.4 is 4.72 Å². The van der Waals surface area contributed by atoms with Crippen LogP contribution >= 0.6 is 45.5 Å². The zero-order valence-electron chi connectivity index (χ0n) is 6.39. The lowest BCUT2D eigenvalue weighted by Crippen LogP contribution is -2.04. The highest BCUT2D eigenvalue weighted by molar-refractivity contribution is 8.14. The van der Waals surface area contributed by atoms with Gasteiger partial charge in [-0.3, -0.25) is 4.72 Å². The molecule has 0 fully saturated rings. The molecule has 0 spiro atoms. The first kappa shape index (κ1) is 12.2. The summed E-state index contributed by atoms with van der Waals surface area (Å²) in [6, 6.07) is 2.59. The summed E-state index contributed by atoms with van der Waals surface area (Å²) in [5.41, 5.74) is 0.0797. The lowest BCUT2D eigenvalue weighted by atomic mass is 10.3. The summed E-state index contributed by atoms with van der Waals surface area (Å²) in [7, 11) is 1.06. The number of hydrogen-bond acceptors (Lipinski definition) is 2. The SMILES string of the molecule is O=S(=O)(Cl)Nc1cc(Cl)c(Cl)cc1Cl. The van der Waals surface area contributed by atoms with E-state index in [1.54, 1.807) is 0 Å². The first-order valence-corrected chi connectivity index (χ1v) is 6.61. The second kappa shape index (κ2) is 4.33. The van der Waals surface area contributed by atoms with Crippen molar-refractivity contribution in [3.63, 3.8) is 0 Å². The van der Waals surface area contributed by atoms with Crippen LogP contribution in [-0.4, -0.2) is 8.42 Å². The van der Waals surface area contributed by atoms with Gasteiger partial charge in [-0.05, 0) is 12.1 Å². The van der Waals surface area contributed by atoms with Crippen molar-refractivity contribution in [2.75, 3.05) is 4.72 Å². The van der Waals surface area contributed by atoms with Gasteiger partial charge in [0, 0.05) is 10.7 Å². The zero-order valence-corrected chi connectivity index (χ0v) is 10.2. The van der Waals surface area contributed by atoms with E-state index in [4.69, 9.17) is 45.5 Å². The van der Waals surface area contributed by atoms with E-state index in [-0.39, 0.29) is 20.8 Å². The summed E-state index contributed by atoms with van der Waals surface area (Å²) in [5.74, 6) is 0. The second-order valence-electron chi connectivity index (χ2n) is 2.29. The Morgan fingerprint density at radius 1 is 1.00 bits per heavy atom. The van der Waals surface area contributed by atoms with Crippen molar-refractivity contribution >= 4 is 60.4 Å². The summed E-state index contributed by atoms with van der Waals surface area (Å²) in [5, 5.41) is 0.525. The summed E-state index contributed by atoms with van der Waals surface area (Å²) in [6.07, 6.45) is 0. The van der Waals surface area contributed by atoms with Gasteiger partial charge >= 0.3 is 9.24 Å². The Morgan fingerprint density at radius 2 is 1.50 bits per heavy atom. The van der Waals surface area contributed by atoms with Crippen LogP contribution in [0.3, 0.4) is 0 Å². The van der Waals surface area contributed by atoms with Crippen LogP contribution in [0, 0.1) is 0 Å². The molecule has 8 heteroatoms. The second-order valence-corrected chi connectivity index (χ2v) is 5.81. The summed E-state index contributed by atoms with van der Waals surface area (Å²) in [4.78, 5) is 0. The van der Waals surface area contributed by atoms with Crippen LogP contribution in [0.1, 0.15) is 0 Å². The topological polar surface area (TPSA) is 46.2 Å². The number of benzene rings is 1. The van der Waals surface area contributed by atoms with Gasteiger partial charge in [-0.15, -0.1) is 0 Å². The molecular weight excluding hydrogens is 292 g/mol. The predicted molar refractivity (Wildman–Crippen MR) is 59.9 cm³/mol. The molecule has 0 unspecified atom stereocenters. The van der Waals surface area contributed by atoms with Gasteiger partial charge in [-0.2, -0.15) is 8.42 Å². The van der Waals surface area contributed by atoms with Gasteiger partial charge in [-0.1, -0.05) is 34.8 Å². The highest BCUT2D eigenvalue weighted by Crippen LogP contribution is 2.32. The molecule has 1 rings (SSSR count). The molecular formula is C6H3Cl4NO2S. The van der Waals surface area contributed by atoms with Crippen molar-refractivity contribution in [2.24, 2.45) is 0 Å². The third kappa shape index (κ3) is 3.37. The van der Waals surface area contributed by atoms with Gasteiger partial charge < -0.3 is 0 Å². The summed E-state index contributed by atoms with van der Waals surface area (Å²) >= 11 is 17.0. The third-order valence-electron chi connectivity index (χ3n) is 1.24. The molecule has 0 aliphatic carbocycles. The number of hydrogen-bond donors (Lipinski definition) is 1. The zero-order chi connectivity index (χ0) is 10.9. The molecule has 0 aliphatic rings. The minimum atomic E-state index is -3.89. The third-order valence-corrected chi connectivity index (χ3v) is 2.97. The fraction of sp³-hybridized carbons (Fsp3) is 0. The van der Waals surface area contributed by atoms with E-state index in [0.29, 0.717) is 0 Å². The highest BCUT2D eigenvalue weighted by atomic mass is 35.7. The molecule has 0 amide bonds. The van der Waals surface area contributed by atoms with Crippen LogP contribution in [-0.2, 0) is 9.24 Å². The highest BCUT2D eigenvalue weighted by Gasteiger charge is 2.10. The molecule has 0 aromatic heterocycles. The molecule has 1 aromatic carbocycles. The standard InChI is InChI=1S/C6H3Cl4NO2S/c7-3-1-5(9)6(2-4(3)8)11-14(10,12)13/h1-2,11H. The Kier molecular flexibility index (Phi) is 3.77. The predicted octanol–water partition coefficient (Wildman–Crippen LogP) is 3.54. The number of anilines is 1. The van der Waals surface area contributed by atoms with Crippen LogP contribution in [0.25, 0.3) is 0 Å². The summed E-state index contributed by atoms with van der Waals surface area (Å²) < 4.78 is 23.3. The monoisotopic (exact) mass is 293 g/mol. The first-order chi connectivity index (χ1) is 6.29. The minimum absolute atomic E-state index is 0.0797. The van der Waals surface area contributed by atoms with Gasteiger partial charge in [0.15, 0.2) is 0 Å². The number of nitrogens with one attached hydrogen (secondary N) is 1. The molecule has 0 bridgehead atoms. The van der Waals surface area contributed by atoms with Gasteiger partial charge in [-0.25, -0.2) is 0 Å². The first-order valence-electron chi connectivity index (χ1n) is 3.16. The van der Waals surface area contributed by atoms with Crippen molar-refractivity contribution < 1.29 is 8.42 Å². The Labute approximate surface area is 100 Å². The van der Waals surface area contributed by atoms with E-state index in [1.165, 1.54) is 12.1 Å². The Bertz CT molecular complexity index is 459. The lowest BCUT2D eigenvalue weighted by Gasteiger charge is -2.06. The average Bonchev–Trinajstić information content (AvgIpc) is 1.97. The van der Waals surface area contributed by atoms with Gasteiger partial charge in [0.2, 0.25) is 0 Å². The molecule has 0 aliphatic heterocycles. The maximum absolute atomic E-state index is 10.7. The van der Waals surface area contributed by atoms with E-state index >= 15 is 0 Å². The fourth-order valence-electron chi connectivity index (χ4n) is 0.732. The van der Waals surface area contributed by atoms with Gasteiger partial charge in [0.25, 0.3) is 0 Å². The average molecular weight is 295 g/mol. The molecule has 0 radical (unpaired) electrons. The Balaban J connectivity index is 3.17. The molecule has 0 saturated carbocycles. The maximum atomic E-state index is 10.7. The van der Waals surface area contributed by atoms with Gasteiger partial charge in [0.1, 0.15) is 0 Å².